The molecule has 98 valence electrons. The number of aromatic nitrogens is 1. The molecule has 1 aromatic heterocycles. The van der Waals surface area contributed by atoms with E-state index >= 15 is 0 Å². The summed E-state index contributed by atoms with van der Waals surface area (Å²) in [4.78, 5) is 17.0. The number of nitrogens with one attached hydrogen (secondary N) is 1. The molecular weight excluding hydrogens is 243 g/mol. The van der Waals surface area contributed by atoms with Gasteiger partial charge in [0.25, 0.3) is 0 Å². The third-order valence-electron chi connectivity index (χ3n) is 4.52. The summed E-state index contributed by atoms with van der Waals surface area (Å²) >= 11 is 0. The van der Waals surface area contributed by atoms with E-state index in [9.17, 15) is 9.18 Å². The number of amides is 1. The van der Waals surface area contributed by atoms with E-state index in [-0.39, 0.29) is 18.0 Å². The first-order chi connectivity index (χ1) is 9.18. The topological polar surface area (TPSA) is 36.1 Å². The Hall–Kier alpha value is -1.84. The smallest absolute Gasteiger partial charge is 0.223 e. The Morgan fingerprint density at radius 2 is 2.16 bits per heavy atom. The van der Waals surface area contributed by atoms with Crippen LogP contribution in [0.15, 0.2) is 24.3 Å². The molecule has 0 bridgehead atoms. The zero-order chi connectivity index (χ0) is 13.1. The van der Waals surface area contributed by atoms with Crippen LogP contribution in [-0.4, -0.2) is 21.8 Å². The first-order valence-electron chi connectivity index (χ1n) is 6.74. The minimum absolute atomic E-state index is 0.0607. The Balaban J connectivity index is 1.98. The van der Waals surface area contributed by atoms with Gasteiger partial charge in [-0.3, -0.25) is 4.79 Å². The van der Waals surface area contributed by atoms with Crippen molar-refractivity contribution >= 4 is 16.8 Å². The number of para-hydroxylation sites is 1. The number of fused-ring (bicyclic) bond motifs is 4. The fourth-order valence-electron chi connectivity index (χ4n) is 3.66. The van der Waals surface area contributed by atoms with Gasteiger partial charge in [-0.1, -0.05) is 18.2 Å². The molecule has 0 aliphatic carbocycles. The lowest BCUT2D eigenvalue weighted by Gasteiger charge is -2.38. The summed E-state index contributed by atoms with van der Waals surface area (Å²) in [6, 6.07) is 7.44. The van der Waals surface area contributed by atoms with Crippen LogP contribution in [0.25, 0.3) is 10.9 Å². The summed E-state index contributed by atoms with van der Waals surface area (Å²) in [5.41, 5.74) is 2.58. The number of halogens is 1. The van der Waals surface area contributed by atoms with Gasteiger partial charge in [-0.2, -0.15) is 0 Å². The summed E-state index contributed by atoms with van der Waals surface area (Å²) in [5, 5.41) is 0.954. The van der Waals surface area contributed by atoms with Gasteiger partial charge in [-0.05, 0) is 19.4 Å². The largest absolute Gasteiger partial charge is 0.356 e. The van der Waals surface area contributed by atoms with Gasteiger partial charge in [0, 0.05) is 28.6 Å². The van der Waals surface area contributed by atoms with Crippen LogP contribution in [0.1, 0.15) is 43.2 Å². The zero-order valence-corrected chi connectivity index (χ0v) is 10.7. The van der Waals surface area contributed by atoms with Crippen molar-refractivity contribution in [2.45, 2.75) is 38.0 Å². The number of alkyl halides is 1. The Morgan fingerprint density at radius 3 is 3.00 bits per heavy atom. The van der Waals surface area contributed by atoms with Crippen molar-refractivity contribution in [3.05, 3.63) is 35.5 Å². The average Bonchev–Trinajstić information content (AvgIpc) is 2.97. The predicted octanol–water partition coefficient (Wildman–Crippen LogP) is 3.24. The van der Waals surface area contributed by atoms with Crippen LogP contribution < -0.4 is 0 Å². The fourth-order valence-corrected chi connectivity index (χ4v) is 3.66. The number of aromatic amines is 1. The highest BCUT2D eigenvalue weighted by molar-refractivity contribution is 5.87. The molecule has 1 aromatic carbocycles. The van der Waals surface area contributed by atoms with Gasteiger partial charge in [0.2, 0.25) is 5.91 Å². The first kappa shape index (κ1) is 11.0. The molecule has 4 rings (SSSR count). The maximum atomic E-state index is 14.8. The summed E-state index contributed by atoms with van der Waals surface area (Å²) in [6.45, 7) is 1.98. The summed E-state index contributed by atoms with van der Waals surface area (Å²) < 4.78 is 14.8. The molecule has 1 fully saturated rings. The molecule has 1 N–H and O–H groups in total. The van der Waals surface area contributed by atoms with Crippen LogP contribution in [0.3, 0.4) is 0 Å². The van der Waals surface area contributed by atoms with E-state index < -0.39 is 6.17 Å². The summed E-state index contributed by atoms with van der Waals surface area (Å²) in [6.07, 6.45) is 0.0230. The molecule has 1 amide bonds. The standard InChI is InChI=1S/C15H15FN2O/c1-8-15-13(9-4-2-3-5-10(9)17-15)14(16)11-6-7-12(19)18(8)11/h2-5,8,11,14,17H,6-7H2,1H3/t8-,11?,14-/m1/s1. The minimum atomic E-state index is -1.08. The molecule has 0 radical (unpaired) electrons. The number of hydrogen-bond acceptors (Lipinski definition) is 1. The van der Waals surface area contributed by atoms with Gasteiger partial charge in [-0.25, -0.2) is 4.39 Å². The molecule has 1 saturated heterocycles. The van der Waals surface area contributed by atoms with Crippen LogP contribution in [0.4, 0.5) is 4.39 Å². The molecule has 19 heavy (non-hydrogen) atoms. The normalized spacial score (nSPS) is 29.7. The van der Waals surface area contributed by atoms with Gasteiger partial charge < -0.3 is 9.88 Å². The number of rotatable bonds is 0. The fraction of sp³-hybridized carbons (Fsp3) is 0.400. The molecule has 3 heterocycles. The van der Waals surface area contributed by atoms with Crippen LogP contribution in [-0.2, 0) is 4.79 Å². The molecule has 0 spiro atoms. The Bertz CT molecular complexity index is 678. The van der Waals surface area contributed by atoms with Crippen molar-refractivity contribution in [3.8, 4) is 0 Å². The van der Waals surface area contributed by atoms with Crippen LogP contribution in [0, 0.1) is 0 Å². The van der Waals surface area contributed by atoms with Gasteiger partial charge in [0.15, 0.2) is 0 Å². The van der Waals surface area contributed by atoms with E-state index in [2.05, 4.69) is 4.98 Å². The predicted molar refractivity (Wildman–Crippen MR) is 70.4 cm³/mol. The first-order valence-corrected chi connectivity index (χ1v) is 6.74. The molecule has 2 aliphatic rings. The lowest BCUT2D eigenvalue weighted by molar-refractivity contribution is -0.132. The van der Waals surface area contributed by atoms with Gasteiger partial charge in [0.1, 0.15) is 6.17 Å². The summed E-state index contributed by atoms with van der Waals surface area (Å²) in [5.74, 6) is 0.0736. The number of carbonyl (C=O) groups is 1. The maximum Gasteiger partial charge on any atom is 0.223 e. The van der Waals surface area contributed by atoms with E-state index in [0.717, 1.165) is 22.2 Å². The van der Waals surface area contributed by atoms with Crippen molar-refractivity contribution in [1.82, 2.24) is 9.88 Å². The number of H-pyrrole nitrogens is 1. The highest BCUT2D eigenvalue weighted by atomic mass is 19.1. The minimum Gasteiger partial charge on any atom is -0.356 e. The molecule has 1 unspecified atom stereocenters. The van der Waals surface area contributed by atoms with Crippen molar-refractivity contribution in [2.75, 3.05) is 0 Å². The molecule has 3 atom stereocenters. The van der Waals surface area contributed by atoms with Crippen molar-refractivity contribution in [1.29, 1.82) is 0 Å². The van der Waals surface area contributed by atoms with Gasteiger partial charge in [0.05, 0.1) is 12.1 Å². The second-order valence-corrected chi connectivity index (χ2v) is 5.48. The van der Waals surface area contributed by atoms with Gasteiger partial charge >= 0.3 is 0 Å². The van der Waals surface area contributed by atoms with E-state index in [4.69, 9.17) is 0 Å². The third kappa shape index (κ3) is 1.29. The van der Waals surface area contributed by atoms with Crippen LogP contribution in [0.2, 0.25) is 0 Å². The highest BCUT2D eigenvalue weighted by Crippen LogP contribution is 2.47. The van der Waals surface area contributed by atoms with Crippen LogP contribution in [0.5, 0.6) is 0 Å². The highest BCUT2D eigenvalue weighted by Gasteiger charge is 2.46. The third-order valence-corrected chi connectivity index (χ3v) is 4.52. The zero-order valence-electron chi connectivity index (χ0n) is 10.7. The number of hydrogen-bond donors (Lipinski definition) is 1. The monoisotopic (exact) mass is 258 g/mol. The lowest BCUT2D eigenvalue weighted by Crippen LogP contribution is -2.42. The molecule has 2 aromatic rings. The number of carbonyl (C=O) groups excluding carboxylic acids is 1. The summed E-state index contributed by atoms with van der Waals surface area (Å²) in [7, 11) is 0. The second-order valence-electron chi connectivity index (χ2n) is 5.48. The maximum absolute atomic E-state index is 14.8. The Kier molecular flexibility index (Phi) is 2.08. The Labute approximate surface area is 110 Å². The quantitative estimate of drug-likeness (QED) is 0.773. The van der Waals surface area contributed by atoms with Gasteiger partial charge in [-0.15, -0.1) is 0 Å². The molecule has 4 heteroatoms. The van der Waals surface area contributed by atoms with Crippen molar-refractivity contribution in [3.63, 3.8) is 0 Å². The second kappa shape index (κ2) is 3.59. The number of nitrogens with zero attached hydrogens (tertiary/aromatic N) is 1. The van der Waals surface area contributed by atoms with E-state index in [1.54, 1.807) is 4.90 Å². The van der Waals surface area contributed by atoms with E-state index in [0.29, 0.717) is 12.8 Å². The molecule has 3 nitrogen and oxygen atoms in total. The SMILES string of the molecule is C[C@@H]1c2[nH]c3ccccc3c2[C@H](F)C2CCC(=O)N21. The Morgan fingerprint density at radius 1 is 1.37 bits per heavy atom. The van der Waals surface area contributed by atoms with Crippen LogP contribution >= 0.6 is 0 Å². The molecule has 2 aliphatic heterocycles. The number of benzene rings is 1. The molecular formula is C15H15FN2O. The average molecular weight is 258 g/mol. The van der Waals surface area contributed by atoms with Crippen molar-refractivity contribution in [2.24, 2.45) is 0 Å². The lowest BCUT2D eigenvalue weighted by atomic mass is 9.91. The van der Waals surface area contributed by atoms with E-state index in [1.807, 2.05) is 31.2 Å². The molecule has 0 saturated carbocycles. The van der Waals surface area contributed by atoms with E-state index in [1.165, 1.54) is 0 Å². The van der Waals surface area contributed by atoms with Crippen molar-refractivity contribution < 1.29 is 9.18 Å².